The number of hydrogen-bond donors (Lipinski definition) is 1. The van der Waals surface area contributed by atoms with Gasteiger partial charge >= 0.3 is 0 Å². The highest BCUT2D eigenvalue weighted by Crippen LogP contribution is 2.60. The molecule has 3 rings (SSSR count). The summed E-state index contributed by atoms with van der Waals surface area (Å²) in [5.74, 6) is 0. The first-order valence-corrected chi connectivity index (χ1v) is 8.19. The van der Waals surface area contributed by atoms with Gasteiger partial charge in [0.2, 0.25) is 0 Å². The van der Waals surface area contributed by atoms with Crippen molar-refractivity contribution < 1.29 is 9.84 Å². The molecule has 2 nitrogen and oxygen atoms in total. The minimum absolute atomic E-state index is 0.277. The number of benzene rings is 1. The molecule has 0 amide bonds. The second-order valence-electron chi connectivity index (χ2n) is 6.43. The third kappa shape index (κ3) is 2.19. The van der Waals surface area contributed by atoms with Crippen LogP contribution in [0.5, 0.6) is 0 Å². The van der Waals surface area contributed by atoms with Crippen molar-refractivity contribution in [2.45, 2.75) is 75.6 Å². The Morgan fingerprint density at radius 1 is 1.25 bits per heavy atom. The van der Waals surface area contributed by atoms with E-state index in [1.807, 2.05) is 18.2 Å². The van der Waals surface area contributed by atoms with Gasteiger partial charge in [0.1, 0.15) is 11.2 Å². The molecule has 1 aliphatic heterocycles. The number of fused-ring (bicyclic) bond motifs is 1. The summed E-state index contributed by atoms with van der Waals surface area (Å²) >= 11 is 0. The zero-order chi connectivity index (χ0) is 14.1. The summed E-state index contributed by atoms with van der Waals surface area (Å²) in [4.78, 5) is 0. The predicted octanol–water partition coefficient (Wildman–Crippen LogP) is 4.17. The summed E-state index contributed by atoms with van der Waals surface area (Å²) in [5.41, 5.74) is -0.0232. The lowest BCUT2D eigenvalue weighted by molar-refractivity contribution is -0.0554. The molecule has 1 aromatic carbocycles. The molecule has 20 heavy (non-hydrogen) atoms. The van der Waals surface area contributed by atoms with E-state index in [2.05, 4.69) is 19.1 Å². The molecule has 0 radical (unpaired) electrons. The fourth-order valence-corrected chi connectivity index (χ4v) is 3.97. The number of hydrogen-bond acceptors (Lipinski definition) is 2. The SMILES string of the molecule is CCCCCC[C@@](O)(c1ccccc1)[C@@]12CCC[C@@H]1O2. The van der Waals surface area contributed by atoms with Crippen LogP contribution < -0.4 is 0 Å². The van der Waals surface area contributed by atoms with Gasteiger partial charge in [0, 0.05) is 0 Å². The topological polar surface area (TPSA) is 32.8 Å². The van der Waals surface area contributed by atoms with Gasteiger partial charge in [0.15, 0.2) is 0 Å². The van der Waals surface area contributed by atoms with E-state index in [1.165, 1.54) is 25.7 Å². The van der Waals surface area contributed by atoms with E-state index in [9.17, 15) is 5.11 Å². The standard InChI is InChI=1S/C18H26O2/c1-2-3-4-8-13-17(19,15-10-6-5-7-11-15)18-14-9-12-16(18)20-18/h5-7,10-11,16,19H,2-4,8-9,12-14H2,1H3/t16-,17+,18+/m0/s1. The van der Waals surface area contributed by atoms with Gasteiger partial charge in [0.25, 0.3) is 0 Å². The van der Waals surface area contributed by atoms with E-state index in [0.717, 1.165) is 31.2 Å². The highest BCUT2D eigenvalue weighted by atomic mass is 16.6. The fraction of sp³-hybridized carbons (Fsp3) is 0.667. The maximum atomic E-state index is 11.5. The summed E-state index contributed by atoms with van der Waals surface area (Å²) < 4.78 is 5.97. The number of epoxide rings is 1. The maximum absolute atomic E-state index is 11.5. The summed E-state index contributed by atoms with van der Waals surface area (Å²) in [6.07, 6.45) is 9.20. The van der Waals surface area contributed by atoms with Crippen LogP contribution >= 0.6 is 0 Å². The molecule has 1 aliphatic carbocycles. The van der Waals surface area contributed by atoms with Crippen molar-refractivity contribution in [3.63, 3.8) is 0 Å². The Morgan fingerprint density at radius 2 is 2.05 bits per heavy atom. The van der Waals surface area contributed by atoms with Crippen LogP contribution in [0.15, 0.2) is 30.3 Å². The smallest absolute Gasteiger partial charge is 0.127 e. The van der Waals surface area contributed by atoms with Crippen molar-refractivity contribution in [3.05, 3.63) is 35.9 Å². The molecule has 3 atom stereocenters. The highest BCUT2D eigenvalue weighted by molar-refractivity contribution is 5.32. The van der Waals surface area contributed by atoms with Gasteiger partial charge in [-0.25, -0.2) is 0 Å². The highest BCUT2D eigenvalue weighted by Gasteiger charge is 2.70. The molecule has 0 spiro atoms. The van der Waals surface area contributed by atoms with E-state index in [0.29, 0.717) is 6.10 Å². The van der Waals surface area contributed by atoms with Crippen LogP contribution in [0.4, 0.5) is 0 Å². The molecule has 110 valence electrons. The van der Waals surface area contributed by atoms with Crippen LogP contribution in [-0.4, -0.2) is 16.8 Å². The van der Waals surface area contributed by atoms with Gasteiger partial charge in [-0.3, -0.25) is 0 Å². The van der Waals surface area contributed by atoms with Crippen molar-refractivity contribution in [3.8, 4) is 0 Å². The third-order valence-electron chi connectivity index (χ3n) is 5.17. The average Bonchev–Trinajstić information content (AvgIpc) is 3.07. The van der Waals surface area contributed by atoms with Crippen molar-refractivity contribution >= 4 is 0 Å². The van der Waals surface area contributed by atoms with E-state index in [4.69, 9.17) is 4.74 Å². The Morgan fingerprint density at radius 3 is 2.65 bits per heavy atom. The summed E-state index contributed by atoms with van der Waals surface area (Å²) in [5, 5.41) is 11.5. The zero-order valence-corrected chi connectivity index (χ0v) is 12.5. The Kier molecular flexibility index (Phi) is 3.87. The van der Waals surface area contributed by atoms with Crippen LogP contribution in [0.2, 0.25) is 0 Å². The van der Waals surface area contributed by atoms with Crippen LogP contribution in [0.1, 0.15) is 63.9 Å². The molecule has 1 aromatic rings. The number of unbranched alkanes of at least 4 members (excludes halogenated alkanes) is 3. The van der Waals surface area contributed by atoms with Crippen molar-refractivity contribution in [1.29, 1.82) is 0 Å². The Hall–Kier alpha value is -0.860. The van der Waals surface area contributed by atoms with Crippen LogP contribution in [-0.2, 0) is 10.3 Å². The van der Waals surface area contributed by atoms with Gasteiger partial charge in [-0.15, -0.1) is 0 Å². The molecule has 2 aliphatic rings. The molecule has 2 heteroatoms. The van der Waals surface area contributed by atoms with Crippen LogP contribution in [0, 0.1) is 0 Å². The molecule has 1 N–H and O–H groups in total. The van der Waals surface area contributed by atoms with Crippen LogP contribution in [0.25, 0.3) is 0 Å². The van der Waals surface area contributed by atoms with Gasteiger partial charge in [-0.1, -0.05) is 62.9 Å². The van der Waals surface area contributed by atoms with E-state index >= 15 is 0 Å². The minimum atomic E-state index is -0.789. The second-order valence-corrected chi connectivity index (χ2v) is 6.43. The molecule has 2 fully saturated rings. The maximum Gasteiger partial charge on any atom is 0.127 e. The first-order chi connectivity index (χ1) is 9.73. The van der Waals surface area contributed by atoms with Crippen molar-refractivity contribution in [1.82, 2.24) is 0 Å². The number of rotatable bonds is 7. The lowest BCUT2D eigenvalue weighted by Gasteiger charge is -2.34. The Labute approximate surface area is 122 Å². The lowest BCUT2D eigenvalue weighted by atomic mass is 9.76. The average molecular weight is 274 g/mol. The molecule has 0 aromatic heterocycles. The molecular formula is C18H26O2. The van der Waals surface area contributed by atoms with Gasteiger partial charge in [-0.05, 0) is 31.2 Å². The van der Waals surface area contributed by atoms with E-state index in [-0.39, 0.29) is 5.60 Å². The number of ether oxygens (including phenoxy) is 1. The van der Waals surface area contributed by atoms with Crippen molar-refractivity contribution in [2.75, 3.05) is 0 Å². The van der Waals surface area contributed by atoms with Crippen LogP contribution in [0.3, 0.4) is 0 Å². The lowest BCUT2D eigenvalue weighted by Crippen LogP contribution is -2.42. The largest absolute Gasteiger partial charge is 0.382 e. The fourth-order valence-electron chi connectivity index (χ4n) is 3.97. The first-order valence-electron chi connectivity index (χ1n) is 8.19. The van der Waals surface area contributed by atoms with Crippen molar-refractivity contribution in [2.24, 2.45) is 0 Å². The summed E-state index contributed by atoms with van der Waals surface area (Å²) in [6.45, 7) is 2.22. The molecule has 0 unspecified atom stereocenters. The Balaban J connectivity index is 1.80. The second kappa shape index (κ2) is 5.50. The van der Waals surface area contributed by atoms with Gasteiger partial charge in [-0.2, -0.15) is 0 Å². The number of aliphatic hydroxyl groups is 1. The van der Waals surface area contributed by atoms with E-state index in [1.54, 1.807) is 0 Å². The summed E-state index contributed by atoms with van der Waals surface area (Å²) in [7, 11) is 0. The molecule has 1 saturated heterocycles. The summed E-state index contributed by atoms with van der Waals surface area (Å²) in [6, 6.07) is 10.2. The third-order valence-corrected chi connectivity index (χ3v) is 5.17. The quantitative estimate of drug-likeness (QED) is 0.598. The zero-order valence-electron chi connectivity index (χ0n) is 12.5. The first kappa shape index (κ1) is 14.1. The Bertz CT molecular complexity index is 444. The van der Waals surface area contributed by atoms with E-state index < -0.39 is 5.60 Å². The van der Waals surface area contributed by atoms with Gasteiger partial charge in [0.05, 0.1) is 6.10 Å². The molecular weight excluding hydrogens is 248 g/mol. The predicted molar refractivity (Wildman–Crippen MR) is 80.6 cm³/mol. The van der Waals surface area contributed by atoms with Gasteiger partial charge < -0.3 is 9.84 Å². The molecule has 0 bridgehead atoms. The monoisotopic (exact) mass is 274 g/mol. The molecule has 1 heterocycles. The minimum Gasteiger partial charge on any atom is -0.382 e. The molecule has 1 saturated carbocycles. The normalized spacial score (nSPS) is 30.8.